The van der Waals surface area contributed by atoms with E-state index in [-0.39, 0.29) is 6.03 Å². The fourth-order valence-electron chi connectivity index (χ4n) is 3.87. The van der Waals surface area contributed by atoms with Crippen LogP contribution in [0.3, 0.4) is 0 Å². The topological polar surface area (TPSA) is 107 Å². The van der Waals surface area contributed by atoms with Gasteiger partial charge in [-0.15, -0.1) is 0 Å². The number of carbonyl (C=O) groups is 1. The van der Waals surface area contributed by atoms with Crippen LogP contribution in [-0.4, -0.2) is 74.0 Å². The molecule has 2 amide bonds. The predicted octanol–water partition coefficient (Wildman–Crippen LogP) is 4.72. The van der Waals surface area contributed by atoms with Crippen LogP contribution >= 0.6 is 11.6 Å². The summed E-state index contributed by atoms with van der Waals surface area (Å²) in [5.41, 5.74) is 1.13. The smallest absolute Gasteiger partial charge is 0.319 e. The Morgan fingerprint density at radius 2 is 2.00 bits per heavy atom. The molecule has 0 bridgehead atoms. The van der Waals surface area contributed by atoms with Crippen LogP contribution in [-0.2, 0) is 4.74 Å². The first kappa shape index (κ1) is 26.7. The number of aromatic nitrogens is 2. The quantitative estimate of drug-likeness (QED) is 0.344. The highest BCUT2D eigenvalue weighted by Crippen LogP contribution is 2.37. The molecular formula is C26H32ClN5O5. The number of fused-ring (bicyclic) bond motifs is 1. The third-order valence-corrected chi connectivity index (χ3v) is 6.12. The van der Waals surface area contributed by atoms with Gasteiger partial charge in [0.15, 0.2) is 11.5 Å². The summed E-state index contributed by atoms with van der Waals surface area (Å²) in [6, 6.07) is 8.33. The summed E-state index contributed by atoms with van der Waals surface area (Å²) in [5, 5.41) is 6.49. The van der Waals surface area contributed by atoms with Gasteiger partial charge in [-0.1, -0.05) is 18.5 Å². The zero-order valence-electron chi connectivity index (χ0n) is 21.1. The molecule has 0 saturated carbocycles. The summed E-state index contributed by atoms with van der Waals surface area (Å²) < 4.78 is 23.1. The molecule has 2 aromatic carbocycles. The monoisotopic (exact) mass is 529 g/mol. The Morgan fingerprint density at radius 3 is 2.76 bits per heavy atom. The number of urea groups is 1. The Hall–Kier alpha value is -3.34. The number of anilines is 1. The highest BCUT2D eigenvalue weighted by atomic mass is 35.5. The number of carbonyl (C=O) groups excluding carboxylic acids is 1. The van der Waals surface area contributed by atoms with Crippen LogP contribution < -0.4 is 24.8 Å². The van der Waals surface area contributed by atoms with E-state index in [1.54, 1.807) is 31.4 Å². The summed E-state index contributed by atoms with van der Waals surface area (Å²) in [4.78, 5) is 23.0. The van der Waals surface area contributed by atoms with E-state index in [0.717, 1.165) is 45.7 Å². The van der Waals surface area contributed by atoms with Gasteiger partial charge >= 0.3 is 6.03 Å². The van der Waals surface area contributed by atoms with Gasteiger partial charge in [-0.05, 0) is 31.0 Å². The molecule has 2 N–H and O–H groups in total. The minimum absolute atomic E-state index is 0.314. The fourth-order valence-corrected chi connectivity index (χ4v) is 4.08. The Morgan fingerprint density at radius 1 is 1.16 bits per heavy atom. The van der Waals surface area contributed by atoms with E-state index in [1.807, 2.05) is 13.0 Å². The predicted molar refractivity (Wildman–Crippen MR) is 142 cm³/mol. The van der Waals surface area contributed by atoms with Gasteiger partial charge in [0.05, 0.1) is 48.5 Å². The maximum atomic E-state index is 11.9. The molecule has 0 atom stereocenters. The molecule has 0 radical (unpaired) electrons. The summed E-state index contributed by atoms with van der Waals surface area (Å²) in [5.74, 6) is 1.99. The molecule has 0 unspecified atom stereocenters. The summed E-state index contributed by atoms with van der Waals surface area (Å²) in [7, 11) is 1.60. The maximum Gasteiger partial charge on any atom is 0.319 e. The largest absolute Gasteiger partial charge is 0.493 e. The highest BCUT2D eigenvalue weighted by molar-refractivity contribution is 6.33. The van der Waals surface area contributed by atoms with Crippen LogP contribution in [0.1, 0.15) is 19.8 Å². The second kappa shape index (κ2) is 13.3. The summed E-state index contributed by atoms with van der Waals surface area (Å²) in [6.45, 7) is 7.50. The van der Waals surface area contributed by atoms with E-state index >= 15 is 0 Å². The van der Waals surface area contributed by atoms with Crippen molar-refractivity contribution in [2.24, 2.45) is 0 Å². The first-order chi connectivity index (χ1) is 18.1. The molecule has 0 spiro atoms. The molecule has 0 aliphatic carbocycles. The number of halogens is 1. The van der Waals surface area contributed by atoms with Crippen molar-refractivity contribution < 1.29 is 23.7 Å². The molecule has 1 aliphatic heterocycles. The number of benzene rings is 2. The van der Waals surface area contributed by atoms with Gasteiger partial charge in [-0.3, -0.25) is 4.90 Å². The van der Waals surface area contributed by atoms with Crippen molar-refractivity contribution >= 4 is 34.2 Å². The molecule has 1 aromatic heterocycles. The highest BCUT2D eigenvalue weighted by Gasteiger charge is 2.15. The van der Waals surface area contributed by atoms with E-state index in [1.165, 1.54) is 6.33 Å². The number of nitrogens with zero attached hydrogens (tertiary/aromatic N) is 3. The molecule has 3 aromatic rings. The fraction of sp³-hybridized carbons (Fsp3) is 0.423. The van der Waals surface area contributed by atoms with E-state index in [9.17, 15) is 4.79 Å². The molecule has 11 heteroatoms. The molecule has 1 aliphatic rings. The van der Waals surface area contributed by atoms with Crippen molar-refractivity contribution in [2.75, 3.05) is 58.4 Å². The Kier molecular flexibility index (Phi) is 9.58. The number of methoxy groups -OCH3 is 1. The second-order valence-electron chi connectivity index (χ2n) is 8.48. The number of nitrogens with one attached hydrogen (secondary N) is 2. The number of rotatable bonds is 11. The lowest BCUT2D eigenvalue weighted by Crippen LogP contribution is -2.37. The van der Waals surface area contributed by atoms with Gasteiger partial charge in [0.1, 0.15) is 12.1 Å². The van der Waals surface area contributed by atoms with Crippen LogP contribution in [0.5, 0.6) is 23.1 Å². The van der Waals surface area contributed by atoms with Crippen molar-refractivity contribution in [2.45, 2.75) is 19.8 Å². The maximum absolute atomic E-state index is 11.9. The third kappa shape index (κ3) is 7.34. The van der Waals surface area contributed by atoms with Gasteiger partial charge in [0, 0.05) is 38.3 Å². The van der Waals surface area contributed by atoms with Gasteiger partial charge in [-0.25, -0.2) is 14.8 Å². The zero-order valence-corrected chi connectivity index (χ0v) is 21.8. The van der Waals surface area contributed by atoms with Crippen molar-refractivity contribution in [3.8, 4) is 23.1 Å². The number of morpholine rings is 1. The summed E-state index contributed by atoms with van der Waals surface area (Å²) >= 11 is 6.38. The second-order valence-corrected chi connectivity index (χ2v) is 8.89. The molecule has 198 valence electrons. The van der Waals surface area contributed by atoms with E-state index in [0.29, 0.717) is 57.9 Å². The number of amides is 2. The first-order valence-electron chi connectivity index (χ1n) is 12.3. The average Bonchev–Trinajstić information content (AvgIpc) is 2.92. The normalized spacial score (nSPS) is 13.8. The number of hydrogen-bond donors (Lipinski definition) is 2. The van der Waals surface area contributed by atoms with Crippen molar-refractivity contribution in [3.63, 3.8) is 0 Å². The molecule has 1 fully saturated rings. The van der Waals surface area contributed by atoms with Gasteiger partial charge in [-0.2, -0.15) is 0 Å². The molecule has 4 rings (SSSR count). The molecular weight excluding hydrogens is 498 g/mol. The third-order valence-electron chi connectivity index (χ3n) is 5.80. The Labute approximate surface area is 221 Å². The van der Waals surface area contributed by atoms with Crippen molar-refractivity contribution in [1.29, 1.82) is 0 Å². The van der Waals surface area contributed by atoms with Crippen molar-refractivity contribution in [3.05, 3.63) is 41.7 Å². The van der Waals surface area contributed by atoms with Crippen LogP contribution in [0.15, 0.2) is 36.7 Å². The number of hydrogen-bond acceptors (Lipinski definition) is 8. The standard InChI is InChI=1S/C26H32ClN5O5/c1-3-7-28-26(33)31-21-6-5-18(14-20(21)27)37-25-19-15-24(23(34-2)16-22(19)29-17-30-25)36-11-4-8-32-9-12-35-13-10-32/h5-6,14-17H,3-4,7-13H2,1-2H3,(H2,28,31,33). The molecule has 1 saturated heterocycles. The van der Waals surface area contributed by atoms with E-state index in [4.69, 9.17) is 30.5 Å². The van der Waals surface area contributed by atoms with Crippen molar-refractivity contribution in [1.82, 2.24) is 20.2 Å². The van der Waals surface area contributed by atoms with Crippen LogP contribution in [0.2, 0.25) is 5.02 Å². The minimum Gasteiger partial charge on any atom is -0.493 e. The Bertz CT molecular complexity index is 1210. The van der Waals surface area contributed by atoms with Crippen LogP contribution in [0.25, 0.3) is 10.9 Å². The van der Waals surface area contributed by atoms with E-state index in [2.05, 4.69) is 25.5 Å². The van der Waals surface area contributed by atoms with Gasteiger partial charge < -0.3 is 29.6 Å². The van der Waals surface area contributed by atoms with Gasteiger partial charge in [0.25, 0.3) is 0 Å². The lowest BCUT2D eigenvalue weighted by molar-refractivity contribution is 0.0357. The average molecular weight is 530 g/mol. The van der Waals surface area contributed by atoms with Crippen LogP contribution in [0, 0.1) is 0 Å². The van der Waals surface area contributed by atoms with E-state index < -0.39 is 0 Å². The molecule has 2 heterocycles. The lowest BCUT2D eigenvalue weighted by Gasteiger charge is -2.26. The SMILES string of the molecule is CCCNC(=O)Nc1ccc(Oc2ncnc3cc(OC)c(OCCCN4CCOCC4)cc23)cc1Cl. The zero-order chi connectivity index (χ0) is 26.0. The molecule has 37 heavy (non-hydrogen) atoms. The Balaban J connectivity index is 1.46. The lowest BCUT2D eigenvalue weighted by atomic mass is 10.2. The summed E-state index contributed by atoms with van der Waals surface area (Å²) in [6.07, 6.45) is 3.15. The van der Waals surface area contributed by atoms with Gasteiger partial charge in [0.2, 0.25) is 5.88 Å². The first-order valence-corrected chi connectivity index (χ1v) is 12.7. The number of ether oxygens (including phenoxy) is 4. The molecule has 10 nitrogen and oxygen atoms in total. The van der Waals surface area contributed by atoms with Crippen LogP contribution in [0.4, 0.5) is 10.5 Å². The minimum atomic E-state index is -0.314.